The van der Waals surface area contributed by atoms with Crippen LogP contribution in [-0.2, 0) is 0 Å². The van der Waals surface area contributed by atoms with Gasteiger partial charge in [-0.25, -0.2) is 0 Å². The van der Waals surface area contributed by atoms with Crippen molar-refractivity contribution in [1.29, 1.82) is 0 Å². The summed E-state index contributed by atoms with van der Waals surface area (Å²) in [7, 11) is 0. The third-order valence-corrected chi connectivity index (χ3v) is 4.55. The Kier molecular flexibility index (Phi) is 3.95. The van der Waals surface area contributed by atoms with Crippen LogP contribution in [0.2, 0.25) is 0 Å². The Morgan fingerprint density at radius 2 is 1.25 bits per heavy atom. The minimum absolute atomic E-state index is 0.904. The smallest absolute Gasteiger partial charge is 0.0387 e. The molecule has 0 amide bonds. The van der Waals surface area contributed by atoms with E-state index in [1.165, 1.54) is 0 Å². The van der Waals surface area contributed by atoms with Gasteiger partial charge in [0.1, 0.15) is 0 Å². The van der Waals surface area contributed by atoms with Crippen molar-refractivity contribution in [3.63, 3.8) is 0 Å². The van der Waals surface area contributed by atoms with Crippen molar-refractivity contribution in [2.75, 3.05) is 0 Å². The second-order valence-corrected chi connectivity index (χ2v) is 5.55. The van der Waals surface area contributed by atoms with Crippen LogP contribution in [0.4, 0.5) is 0 Å². The predicted octanol–water partition coefficient (Wildman–Crippen LogP) is 4.98. The summed E-state index contributed by atoms with van der Waals surface area (Å²) in [4.78, 5) is 2.72. The van der Waals surface area contributed by atoms with Gasteiger partial charge in [0.25, 0.3) is 0 Å². The van der Waals surface area contributed by atoms with Gasteiger partial charge < -0.3 is 0 Å². The molecule has 2 aromatic rings. The van der Waals surface area contributed by atoms with Crippen LogP contribution in [0, 0.1) is 0 Å². The average molecular weight is 329 g/mol. The van der Waals surface area contributed by atoms with Crippen molar-refractivity contribution >= 4 is 53.8 Å². The van der Waals surface area contributed by atoms with Crippen molar-refractivity contribution in [2.45, 2.75) is 14.7 Å². The van der Waals surface area contributed by atoms with Crippen LogP contribution in [0.3, 0.4) is 0 Å². The maximum Gasteiger partial charge on any atom is 0.0387 e. The molecule has 0 aliphatic heterocycles. The highest BCUT2D eigenvalue weighted by Gasteiger charge is 2.11. The first-order valence-electron chi connectivity index (χ1n) is 4.60. The van der Waals surface area contributed by atoms with E-state index < -0.39 is 0 Å². The molecule has 0 aromatic heterocycles. The standard InChI is InChI=1S/C12H9BrS3/c13-12-7(3-1-6-10(12)16)11-8(14)4-2-5-9(11)15/h1-6,14-16H. The summed E-state index contributed by atoms with van der Waals surface area (Å²) >= 11 is 16.9. The molecule has 0 spiro atoms. The summed E-state index contributed by atoms with van der Waals surface area (Å²) in [6.07, 6.45) is 0. The van der Waals surface area contributed by atoms with Crippen molar-refractivity contribution in [2.24, 2.45) is 0 Å². The zero-order valence-electron chi connectivity index (χ0n) is 8.18. The summed E-state index contributed by atoms with van der Waals surface area (Å²) in [5.74, 6) is 0. The first-order chi connectivity index (χ1) is 7.61. The van der Waals surface area contributed by atoms with Crippen LogP contribution in [0.25, 0.3) is 11.1 Å². The van der Waals surface area contributed by atoms with Crippen molar-refractivity contribution in [3.8, 4) is 11.1 Å². The first kappa shape index (κ1) is 12.4. The van der Waals surface area contributed by atoms with E-state index >= 15 is 0 Å². The van der Waals surface area contributed by atoms with Gasteiger partial charge in [-0.15, -0.1) is 37.9 Å². The van der Waals surface area contributed by atoms with Crippen LogP contribution >= 0.6 is 53.8 Å². The fourth-order valence-corrected chi connectivity index (χ4v) is 2.93. The van der Waals surface area contributed by atoms with Crippen molar-refractivity contribution < 1.29 is 0 Å². The van der Waals surface area contributed by atoms with E-state index in [2.05, 4.69) is 53.8 Å². The number of hydrogen-bond acceptors (Lipinski definition) is 3. The van der Waals surface area contributed by atoms with Gasteiger partial charge in [-0.05, 0) is 39.7 Å². The van der Waals surface area contributed by atoms with E-state index in [1.807, 2.05) is 36.4 Å². The van der Waals surface area contributed by atoms with E-state index in [-0.39, 0.29) is 0 Å². The van der Waals surface area contributed by atoms with Crippen LogP contribution in [-0.4, -0.2) is 0 Å². The molecule has 0 nitrogen and oxygen atoms in total. The lowest BCUT2D eigenvalue weighted by Crippen LogP contribution is -1.85. The molecule has 0 aliphatic carbocycles. The normalized spacial score (nSPS) is 10.5. The van der Waals surface area contributed by atoms with Gasteiger partial charge in [0.2, 0.25) is 0 Å². The molecule has 16 heavy (non-hydrogen) atoms. The second kappa shape index (κ2) is 5.08. The van der Waals surface area contributed by atoms with Crippen molar-refractivity contribution in [1.82, 2.24) is 0 Å². The molecule has 0 bridgehead atoms. The number of benzene rings is 2. The molecule has 2 aromatic carbocycles. The molecule has 82 valence electrons. The maximum absolute atomic E-state index is 4.47. The Morgan fingerprint density at radius 3 is 1.88 bits per heavy atom. The Balaban J connectivity index is 2.73. The van der Waals surface area contributed by atoms with Gasteiger partial charge in [0, 0.05) is 24.7 Å². The Bertz CT molecular complexity index is 518. The maximum atomic E-state index is 4.47. The van der Waals surface area contributed by atoms with Crippen LogP contribution < -0.4 is 0 Å². The van der Waals surface area contributed by atoms with E-state index in [4.69, 9.17) is 0 Å². The molecule has 0 atom stereocenters. The second-order valence-electron chi connectivity index (χ2n) is 3.31. The highest BCUT2D eigenvalue weighted by atomic mass is 79.9. The quantitative estimate of drug-likeness (QED) is 0.604. The minimum Gasteiger partial charge on any atom is -0.143 e. The first-order valence-corrected chi connectivity index (χ1v) is 6.73. The fraction of sp³-hybridized carbons (Fsp3) is 0. The lowest BCUT2D eigenvalue weighted by Gasteiger charge is -2.11. The lowest BCUT2D eigenvalue weighted by atomic mass is 10.1. The van der Waals surface area contributed by atoms with E-state index in [9.17, 15) is 0 Å². The molecule has 0 unspecified atom stereocenters. The van der Waals surface area contributed by atoms with Gasteiger partial charge in [-0.1, -0.05) is 18.2 Å². The Hall–Kier alpha value is -0.0300. The molecular formula is C12H9BrS3. The fourth-order valence-electron chi connectivity index (χ4n) is 1.52. The van der Waals surface area contributed by atoms with Crippen LogP contribution in [0.15, 0.2) is 55.6 Å². The van der Waals surface area contributed by atoms with Gasteiger partial charge in [-0.3, -0.25) is 0 Å². The van der Waals surface area contributed by atoms with Gasteiger partial charge in [0.15, 0.2) is 0 Å². The Morgan fingerprint density at radius 1 is 0.750 bits per heavy atom. The summed E-state index contributed by atoms with van der Waals surface area (Å²) in [5, 5.41) is 0. The number of halogens is 1. The van der Waals surface area contributed by atoms with E-state index in [0.717, 1.165) is 30.3 Å². The molecule has 2 rings (SSSR count). The highest BCUT2D eigenvalue weighted by Crippen LogP contribution is 2.39. The van der Waals surface area contributed by atoms with E-state index in [0.29, 0.717) is 0 Å². The van der Waals surface area contributed by atoms with Gasteiger partial charge in [-0.2, -0.15) is 0 Å². The molecule has 0 N–H and O–H groups in total. The molecule has 0 aliphatic rings. The number of thiol groups is 3. The predicted molar refractivity (Wildman–Crippen MR) is 81.3 cm³/mol. The van der Waals surface area contributed by atoms with Crippen LogP contribution in [0.5, 0.6) is 0 Å². The molecule has 0 fully saturated rings. The largest absolute Gasteiger partial charge is 0.143 e. The third-order valence-electron chi connectivity index (χ3n) is 2.27. The molecule has 0 radical (unpaired) electrons. The summed E-state index contributed by atoms with van der Waals surface area (Å²) in [5.41, 5.74) is 2.08. The third kappa shape index (κ3) is 2.30. The Labute approximate surface area is 120 Å². The van der Waals surface area contributed by atoms with Crippen LogP contribution in [0.1, 0.15) is 0 Å². The molecule has 4 heteroatoms. The highest BCUT2D eigenvalue weighted by molar-refractivity contribution is 9.10. The molecule has 0 saturated carbocycles. The summed E-state index contributed by atoms with van der Waals surface area (Å²) < 4.78 is 0.968. The molecule has 0 saturated heterocycles. The molecular weight excluding hydrogens is 320 g/mol. The zero-order valence-corrected chi connectivity index (χ0v) is 12.5. The lowest BCUT2D eigenvalue weighted by molar-refractivity contribution is 1.31. The SMILES string of the molecule is Sc1cccc(-c2c(S)cccc2S)c1Br. The number of rotatable bonds is 1. The monoisotopic (exact) mass is 328 g/mol. The average Bonchev–Trinajstić information content (AvgIpc) is 2.24. The number of hydrogen-bond donors (Lipinski definition) is 3. The van der Waals surface area contributed by atoms with E-state index in [1.54, 1.807) is 0 Å². The zero-order chi connectivity index (χ0) is 11.7. The summed E-state index contributed by atoms with van der Waals surface area (Å²) in [6.45, 7) is 0. The minimum atomic E-state index is 0.904. The summed E-state index contributed by atoms with van der Waals surface area (Å²) in [6, 6.07) is 11.8. The molecule has 0 heterocycles. The van der Waals surface area contributed by atoms with Gasteiger partial charge in [0.05, 0.1) is 0 Å². The van der Waals surface area contributed by atoms with Crippen molar-refractivity contribution in [3.05, 3.63) is 40.9 Å². The van der Waals surface area contributed by atoms with Gasteiger partial charge >= 0.3 is 0 Å². The topological polar surface area (TPSA) is 0 Å².